The topological polar surface area (TPSA) is 29.9 Å². The predicted octanol–water partition coefficient (Wildman–Crippen LogP) is 3.00. The molecule has 0 bridgehead atoms. The normalized spacial score (nSPS) is 13.9. The van der Waals surface area contributed by atoms with Gasteiger partial charge in [-0.2, -0.15) is 0 Å². The Morgan fingerprint density at radius 3 is 2.67 bits per heavy atom. The molecule has 0 radical (unpaired) electrons. The number of hydrogen-bond donors (Lipinski definition) is 1. The van der Waals surface area contributed by atoms with E-state index in [4.69, 9.17) is 0 Å². The lowest BCUT2D eigenvalue weighted by atomic mass is 9.82. The van der Waals surface area contributed by atoms with E-state index in [0.717, 1.165) is 19.0 Å². The maximum Gasteiger partial charge on any atom is 0.202 e. The van der Waals surface area contributed by atoms with E-state index in [2.05, 4.69) is 49.5 Å². The maximum atomic E-state index is 4.29. The van der Waals surface area contributed by atoms with Gasteiger partial charge in [-0.05, 0) is 18.3 Å². The first-order valence-corrected chi connectivity index (χ1v) is 5.70. The number of hydrogen-bond acceptors (Lipinski definition) is 2. The minimum absolute atomic E-state index is 0.341. The second kappa shape index (κ2) is 4.69. The molecule has 1 heterocycles. The molecule has 1 aromatic heterocycles. The number of anilines is 1. The molecule has 3 nitrogen and oxygen atoms in total. The summed E-state index contributed by atoms with van der Waals surface area (Å²) in [6.45, 7) is 13.2. The van der Waals surface area contributed by atoms with Gasteiger partial charge in [-0.25, -0.2) is 4.98 Å². The van der Waals surface area contributed by atoms with Crippen molar-refractivity contribution < 1.29 is 0 Å². The molecule has 1 N–H and O–H groups in total. The zero-order valence-electron chi connectivity index (χ0n) is 10.5. The molecule has 86 valence electrons. The van der Waals surface area contributed by atoms with Crippen LogP contribution < -0.4 is 5.32 Å². The summed E-state index contributed by atoms with van der Waals surface area (Å²) >= 11 is 0. The van der Waals surface area contributed by atoms with Gasteiger partial charge in [0.1, 0.15) is 0 Å². The Bertz CT molecular complexity index is 296. The van der Waals surface area contributed by atoms with Gasteiger partial charge in [0.2, 0.25) is 5.95 Å². The third-order valence-electron chi connectivity index (χ3n) is 3.00. The highest BCUT2D eigenvalue weighted by Crippen LogP contribution is 2.27. The van der Waals surface area contributed by atoms with Crippen LogP contribution in [0.2, 0.25) is 0 Å². The number of nitrogens with zero attached hydrogens (tertiary/aromatic N) is 2. The Morgan fingerprint density at radius 2 is 2.13 bits per heavy atom. The Balaban J connectivity index is 2.68. The van der Waals surface area contributed by atoms with Crippen LogP contribution in [0.25, 0.3) is 0 Å². The van der Waals surface area contributed by atoms with Crippen molar-refractivity contribution in [2.45, 2.75) is 41.2 Å². The average Bonchev–Trinajstić information content (AvgIpc) is 2.52. The molecular formula is C12H23N3. The van der Waals surface area contributed by atoms with Gasteiger partial charge in [0.05, 0.1) is 0 Å². The van der Waals surface area contributed by atoms with Crippen molar-refractivity contribution in [2.24, 2.45) is 11.3 Å². The fraction of sp³-hybridized carbons (Fsp3) is 0.750. The molecule has 0 saturated heterocycles. The molecule has 1 unspecified atom stereocenters. The monoisotopic (exact) mass is 209 g/mol. The summed E-state index contributed by atoms with van der Waals surface area (Å²) in [5, 5.41) is 3.26. The minimum Gasteiger partial charge on any atom is -0.356 e. The highest BCUT2D eigenvalue weighted by atomic mass is 15.2. The van der Waals surface area contributed by atoms with Crippen LogP contribution in [-0.4, -0.2) is 16.1 Å². The highest BCUT2D eigenvalue weighted by molar-refractivity contribution is 5.25. The third kappa shape index (κ3) is 3.26. The molecule has 0 aromatic carbocycles. The molecule has 0 aliphatic carbocycles. The molecule has 15 heavy (non-hydrogen) atoms. The largest absolute Gasteiger partial charge is 0.356 e. The van der Waals surface area contributed by atoms with Crippen molar-refractivity contribution in [1.29, 1.82) is 0 Å². The van der Waals surface area contributed by atoms with Crippen molar-refractivity contribution in [3.63, 3.8) is 0 Å². The van der Waals surface area contributed by atoms with Crippen molar-refractivity contribution >= 4 is 5.95 Å². The van der Waals surface area contributed by atoms with Crippen molar-refractivity contribution in [1.82, 2.24) is 9.55 Å². The SMILES string of the molecule is CCNc1nccn1CC(C)C(C)(C)C. The Labute approximate surface area is 92.9 Å². The van der Waals surface area contributed by atoms with Gasteiger partial charge < -0.3 is 9.88 Å². The lowest BCUT2D eigenvalue weighted by Crippen LogP contribution is -2.23. The van der Waals surface area contributed by atoms with E-state index >= 15 is 0 Å². The first kappa shape index (κ1) is 12.1. The van der Waals surface area contributed by atoms with E-state index in [9.17, 15) is 0 Å². The fourth-order valence-electron chi connectivity index (χ4n) is 1.35. The van der Waals surface area contributed by atoms with E-state index in [0.29, 0.717) is 11.3 Å². The molecule has 0 spiro atoms. The second-order valence-electron chi connectivity index (χ2n) is 5.20. The Kier molecular flexibility index (Phi) is 3.77. The van der Waals surface area contributed by atoms with Crippen LogP contribution in [0.1, 0.15) is 34.6 Å². The van der Waals surface area contributed by atoms with Gasteiger partial charge >= 0.3 is 0 Å². The molecule has 0 aliphatic heterocycles. The first-order valence-electron chi connectivity index (χ1n) is 5.70. The van der Waals surface area contributed by atoms with E-state index in [1.54, 1.807) is 0 Å². The zero-order valence-corrected chi connectivity index (χ0v) is 10.5. The summed E-state index contributed by atoms with van der Waals surface area (Å²) in [5.74, 6) is 1.61. The van der Waals surface area contributed by atoms with Crippen LogP contribution in [0.5, 0.6) is 0 Å². The van der Waals surface area contributed by atoms with Gasteiger partial charge in [-0.1, -0.05) is 27.7 Å². The maximum absolute atomic E-state index is 4.29. The summed E-state index contributed by atoms with van der Waals surface area (Å²) in [6.07, 6.45) is 3.90. The summed E-state index contributed by atoms with van der Waals surface area (Å²) in [7, 11) is 0. The minimum atomic E-state index is 0.341. The standard InChI is InChI=1S/C12H23N3/c1-6-13-11-14-7-8-15(11)9-10(2)12(3,4)5/h7-8,10H,6,9H2,1-5H3,(H,13,14). The molecule has 1 atom stereocenters. The van der Waals surface area contributed by atoms with Crippen molar-refractivity contribution in [3.8, 4) is 0 Å². The van der Waals surface area contributed by atoms with Gasteiger partial charge in [0.25, 0.3) is 0 Å². The molecule has 3 heteroatoms. The molecular weight excluding hydrogens is 186 g/mol. The summed E-state index contributed by atoms with van der Waals surface area (Å²) in [5.41, 5.74) is 0.341. The predicted molar refractivity (Wildman–Crippen MR) is 65.0 cm³/mol. The van der Waals surface area contributed by atoms with Crippen LogP contribution >= 0.6 is 0 Å². The van der Waals surface area contributed by atoms with E-state index in [1.165, 1.54) is 0 Å². The first-order chi connectivity index (χ1) is 6.95. The van der Waals surface area contributed by atoms with Gasteiger partial charge in [-0.15, -0.1) is 0 Å². The van der Waals surface area contributed by atoms with Crippen LogP contribution in [0.3, 0.4) is 0 Å². The lowest BCUT2D eigenvalue weighted by Gasteiger charge is -2.28. The van der Waals surface area contributed by atoms with Crippen molar-refractivity contribution in [2.75, 3.05) is 11.9 Å². The van der Waals surface area contributed by atoms with Crippen LogP contribution in [0.4, 0.5) is 5.95 Å². The van der Waals surface area contributed by atoms with Gasteiger partial charge in [0, 0.05) is 25.5 Å². The Morgan fingerprint density at radius 1 is 1.47 bits per heavy atom. The quantitative estimate of drug-likeness (QED) is 0.826. The number of imidazole rings is 1. The zero-order chi connectivity index (χ0) is 11.5. The molecule has 0 amide bonds. The van der Waals surface area contributed by atoms with Crippen molar-refractivity contribution in [3.05, 3.63) is 12.4 Å². The summed E-state index contributed by atoms with van der Waals surface area (Å²) in [4.78, 5) is 4.29. The summed E-state index contributed by atoms with van der Waals surface area (Å²) < 4.78 is 2.19. The molecule has 0 fully saturated rings. The van der Waals surface area contributed by atoms with Crippen LogP contribution in [0.15, 0.2) is 12.4 Å². The number of aromatic nitrogens is 2. The fourth-order valence-corrected chi connectivity index (χ4v) is 1.35. The molecule has 1 rings (SSSR count). The lowest BCUT2D eigenvalue weighted by molar-refractivity contribution is 0.233. The Hall–Kier alpha value is -0.990. The van der Waals surface area contributed by atoms with Gasteiger partial charge in [-0.3, -0.25) is 0 Å². The van der Waals surface area contributed by atoms with Crippen LogP contribution in [-0.2, 0) is 6.54 Å². The molecule has 1 aromatic rings. The van der Waals surface area contributed by atoms with Crippen LogP contribution in [0, 0.1) is 11.3 Å². The second-order valence-corrected chi connectivity index (χ2v) is 5.20. The smallest absolute Gasteiger partial charge is 0.202 e. The van der Waals surface area contributed by atoms with E-state index in [-0.39, 0.29) is 0 Å². The van der Waals surface area contributed by atoms with E-state index in [1.807, 2.05) is 12.4 Å². The number of nitrogens with one attached hydrogen (secondary N) is 1. The average molecular weight is 209 g/mol. The van der Waals surface area contributed by atoms with E-state index < -0.39 is 0 Å². The summed E-state index contributed by atoms with van der Waals surface area (Å²) in [6, 6.07) is 0. The highest BCUT2D eigenvalue weighted by Gasteiger charge is 2.20. The third-order valence-corrected chi connectivity index (χ3v) is 3.00. The molecule has 0 saturated carbocycles. The molecule has 0 aliphatic rings. The number of rotatable bonds is 4. The van der Waals surface area contributed by atoms with Gasteiger partial charge in [0.15, 0.2) is 0 Å².